The van der Waals surface area contributed by atoms with Gasteiger partial charge < -0.3 is 14.6 Å². The molecule has 0 aliphatic heterocycles. The van der Waals surface area contributed by atoms with Crippen molar-refractivity contribution in [2.24, 2.45) is 23.7 Å². The first kappa shape index (κ1) is 47.7. The van der Waals surface area contributed by atoms with Gasteiger partial charge in [0.25, 0.3) is 0 Å². The first-order valence-electron chi connectivity index (χ1n) is 19.0. The molecule has 0 rings (SSSR count). The quantitative estimate of drug-likeness (QED) is 0.0401. The van der Waals surface area contributed by atoms with Crippen molar-refractivity contribution in [3.63, 3.8) is 0 Å². The van der Waals surface area contributed by atoms with Crippen molar-refractivity contribution in [3.05, 3.63) is 0 Å². The lowest BCUT2D eigenvalue weighted by Gasteiger charge is -2.28. The monoisotopic (exact) mass is 774 g/mol. The lowest BCUT2D eigenvalue weighted by Crippen LogP contribution is -2.34. The summed E-state index contributed by atoms with van der Waals surface area (Å²) < 4.78 is 13.3. The zero-order valence-electron chi connectivity index (χ0n) is 31.2. The highest BCUT2D eigenvalue weighted by Gasteiger charge is 2.28. The lowest BCUT2D eigenvalue weighted by atomic mass is 10.0. The van der Waals surface area contributed by atoms with Crippen molar-refractivity contribution in [2.45, 2.75) is 170 Å². The summed E-state index contributed by atoms with van der Waals surface area (Å²) in [5.74, 6) is 2.87. The van der Waals surface area contributed by atoms with Crippen LogP contribution in [0.15, 0.2) is 0 Å². The highest BCUT2D eigenvalue weighted by Crippen LogP contribution is 2.62. The minimum absolute atomic E-state index is 0.165. The Morgan fingerprint density at radius 3 is 1.70 bits per heavy atom. The normalized spacial score (nSPS) is 16.7. The third-order valence-electron chi connectivity index (χ3n) is 9.16. The van der Waals surface area contributed by atoms with Gasteiger partial charge in [0.15, 0.2) is 11.8 Å². The van der Waals surface area contributed by atoms with Crippen molar-refractivity contribution >= 4 is 74.9 Å². The van der Waals surface area contributed by atoms with Crippen molar-refractivity contribution in [2.75, 3.05) is 31.3 Å². The molecule has 0 spiro atoms. The third kappa shape index (κ3) is 24.8. The van der Waals surface area contributed by atoms with Gasteiger partial charge >= 0.3 is 0 Å². The van der Waals surface area contributed by atoms with Crippen LogP contribution in [-0.2, 0) is 32.9 Å². The lowest BCUT2D eigenvalue weighted by molar-refractivity contribution is 0.0695. The number of thiocarbonyl (C=S) groups is 1. The summed E-state index contributed by atoms with van der Waals surface area (Å²) in [6.45, 7) is 19.9. The Morgan fingerprint density at radius 1 is 0.717 bits per heavy atom. The summed E-state index contributed by atoms with van der Waals surface area (Å²) >= 11 is 22.2. The molecule has 0 aliphatic carbocycles. The highest BCUT2D eigenvalue weighted by atomic mass is 32.9. The van der Waals surface area contributed by atoms with Crippen LogP contribution in [0.4, 0.5) is 0 Å². The Morgan fingerprint density at radius 2 is 1.20 bits per heavy atom. The van der Waals surface area contributed by atoms with E-state index >= 15 is 0 Å². The van der Waals surface area contributed by atoms with Crippen molar-refractivity contribution in [1.82, 2.24) is 5.32 Å². The molecule has 274 valence electrons. The smallest absolute Gasteiger partial charge is 0.250 e. The Balaban J connectivity index is 5.46. The molecule has 3 nitrogen and oxygen atoms in total. The second kappa shape index (κ2) is 31.4. The molecular weight excluding hydrogens is 701 g/mol. The number of rotatable bonds is 33. The summed E-state index contributed by atoms with van der Waals surface area (Å²) in [4.78, 5) is 0.872. The maximum absolute atomic E-state index is 6.78. The molecule has 0 radical (unpaired) electrons. The van der Waals surface area contributed by atoms with Crippen LogP contribution in [0.5, 0.6) is 0 Å². The van der Waals surface area contributed by atoms with Crippen LogP contribution < -0.4 is 5.32 Å². The van der Waals surface area contributed by atoms with Gasteiger partial charge in [-0.15, -0.1) is 0 Å². The Labute approximate surface area is 312 Å². The standard InChI is InChI=1S/C36H73NO2P2S5/c1-9-17-21-31(13-5)27-38-36(46-40(43)29-33(15-7)23-19-11-3)37-35(42)25-26-45-41(44,30-34(16-8)24-20-12-4)39-28-32(14-6)22-18-10-2/h31-34,36H,9-30H2,1-8H3/p+1. The second-order valence-electron chi connectivity index (χ2n) is 13.2. The van der Waals surface area contributed by atoms with Gasteiger partial charge in [0.05, 0.1) is 18.2 Å². The molecule has 10 heteroatoms. The average molecular weight is 775 g/mol. The van der Waals surface area contributed by atoms with E-state index in [9.17, 15) is 0 Å². The third-order valence-corrected chi connectivity index (χ3v) is 20.4. The van der Waals surface area contributed by atoms with Gasteiger partial charge in [-0.3, -0.25) is 0 Å². The molecule has 7 atom stereocenters. The molecule has 0 aromatic heterocycles. The van der Waals surface area contributed by atoms with Crippen molar-refractivity contribution in [3.8, 4) is 0 Å². The molecule has 0 saturated carbocycles. The molecule has 0 heterocycles. The summed E-state index contributed by atoms with van der Waals surface area (Å²) in [5.41, 5.74) is -2.17. The zero-order chi connectivity index (χ0) is 34.6. The van der Waals surface area contributed by atoms with Crippen LogP contribution >= 0.6 is 46.3 Å². The average Bonchev–Trinajstić information content (AvgIpc) is 3.04. The van der Waals surface area contributed by atoms with E-state index in [2.05, 4.69) is 60.7 Å². The van der Waals surface area contributed by atoms with E-state index in [1.165, 1.54) is 96.3 Å². The van der Waals surface area contributed by atoms with Gasteiger partial charge in [0.1, 0.15) is 23.0 Å². The number of nitrogens with one attached hydrogen (secondary N) is 1. The molecule has 0 bridgehead atoms. The maximum atomic E-state index is 6.78. The van der Waals surface area contributed by atoms with Gasteiger partial charge in [-0.25, -0.2) is 0 Å². The Bertz CT molecular complexity index is 806. The van der Waals surface area contributed by atoms with Crippen molar-refractivity contribution < 1.29 is 9.26 Å². The van der Waals surface area contributed by atoms with Crippen LogP contribution in [-0.4, -0.2) is 41.8 Å². The summed E-state index contributed by atoms with van der Waals surface area (Å²) in [5, 5.41) is 3.61. The van der Waals surface area contributed by atoms with E-state index in [4.69, 9.17) is 45.1 Å². The van der Waals surface area contributed by atoms with Gasteiger partial charge in [-0.1, -0.05) is 161 Å². The van der Waals surface area contributed by atoms with E-state index in [-0.39, 0.29) is 5.56 Å². The number of unbranched alkanes of at least 4 members (excludes halogenated alkanes) is 4. The van der Waals surface area contributed by atoms with Gasteiger partial charge in [-0.05, 0) is 49.9 Å². The van der Waals surface area contributed by atoms with Crippen LogP contribution in [0.2, 0.25) is 0 Å². The van der Waals surface area contributed by atoms with Crippen LogP contribution in [0, 0.1) is 23.7 Å². The summed E-state index contributed by atoms with van der Waals surface area (Å²) in [6, 6.07) is 0. The summed E-state index contributed by atoms with van der Waals surface area (Å²) in [6.07, 6.45) is 22.8. The van der Waals surface area contributed by atoms with E-state index in [1.807, 2.05) is 22.8 Å². The fraction of sp³-hybridized carbons (Fsp3) is 0.972. The minimum Gasteiger partial charge on any atom is -0.345 e. The molecule has 1 N–H and O–H groups in total. The SMILES string of the molecule is CCCCC(CC)COC(NC(=S)CCSP(=S)(CC(CC)CCCC)OCC(CC)CCCC)S[P+](=S)CC(CC)CCCC. The van der Waals surface area contributed by atoms with Gasteiger partial charge in [0.2, 0.25) is 11.5 Å². The second-order valence-corrected chi connectivity index (χ2v) is 26.8. The molecule has 0 fully saturated rings. The van der Waals surface area contributed by atoms with Crippen molar-refractivity contribution in [1.29, 1.82) is 0 Å². The first-order chi connectivity index (χ1) is 22.1. The maximum Gasteiger partial charge on any atom is 0.250 e. The molecule has 46 heavy (non-hydrogen) atoms. The van der Waals surface area contributed by atoms with E-state index in [0.717, 1.165) is 55.0 Å². The summed E-state index contributed by atoms with van der Waals surface area (Å²) in [7, 11) is 0. The van der Waals surface area contributed by atoms with Crippen LogP contribution in [0.1, 0.15) is 165 Å². The van der Waals surface area contributed by atoms with Crippen LogP contribution in [0.25, 0.3) is 0 Å². The zero-order valence-corrected chi connectivity index (χ0v) is 37.1. The minimum atomic E-state index is -2.00. The molecule has 0 aliphatic rings. The van der Waals surface area contributed by atoms with Crippen LogP contribution in [0.3, 0.4) is 0 Å². The van der Waals surface area contributed by atoms with Gasteiger partial charge in [-0.2, -0.15) is 0 Å². The molecule has 0 saturated heterocycles. The molecule has 0 aromatic carbocycles. The highest BCUT2D eigenvalue weighted by molar-refractivity contribution is 8.69. The fourth-order valence-electron chi connectivity index (χ4n) is 5.47. The molecule has 0 amide bonds. The number of hydrogen-bond donors (Lipinski definition) is 1. The predicted octanol–water partition coefficient (Wildman–Crippen LogP) is 14.1. The topological polar surface area (TPSA) is 30.5 Å². The Hall–Kier alpha value is 1.68. The van der Waals surface area contributed by atoms with E-state index < -0.39 is 11.4 Å². The first-order valence-corrected chi connectivity index (χ1v) is 28.0. The largest absolute Gasteiger partial charge is 0.345 e. The number of hydrogen-bond acceptors (Lipinski definition) is 7. The van der Waals surface area contributed by atoms with Gasteiger partial charge in [0, 0.05) is 24.3 Å². The van der Waals surface area contributed by atoms with E-state index in [1.54, 1.807) is 0 Å². The molecule has 7 unspecified atom stereocenters. The predicted molar refractivity (Wildman–Crippen MR) is 228 cm³/mol. The Kier molecular flexibility index (Phi) is 32.6. The number of ether oxygens (including phenoxy) is 1. The fourth-order valence-corrected chi connectivity index (χ4v) is 16.9. The van der Waals surface area contributed by atoms with E-state index in [0.29, 0.717) is 17.8 Å². The molecule has 0 aromatic rings. The molecular formula is C36H74NO2P2S5+.